The van der Waals surface area contributed by atoms with E-state index in [4.69, 9.17) is 11.0 Å². The van der Waals surface area contributed by atoms with Crippen LogP contribution < -0.4 is 5.73 Å². The topological polar surface area (TPSA) is 62.7 Å². The fraction of sp³-hybridized carbons (Fsp3) is 0.0909. The van der Waals surface area contributed by atoms with Crippen molar-refractivity contribution in [1.29, 1.82) is 5.26 Å². The molecule has 1 aromatic heterocycles. The van der Waals surface area contributed by atoms with E-state index in [-0.39, 0.29) is 0 Å². The Bertz CT molecular complexity index is 499. The Morgan fingerprint density at radius 1 is 1.21 bits per heavy atom. The van der Waals surface area contributed by atoms with Crippen molar-refractivity contribution in [1.82, 2.24) is 4.98 Å². The molecule has 68 valence electrons. The predicted octanol–water partition coefficient (Wildman–Crippen LogP) is 1.76. The van der Waals surface area contributed by atoms with Crippen molar-refractivity contribution in [2.24, 2.45) is 5.73 Å². The van der Waals surface area contributed by atoms with Crippen LogP contribution in [0.5, 0.6) is 0 Å². The van der Waals surface area contributed by atoms with Gasteiger partial charge in [0.05, 0.1) is 17.3 Å². The minimum absolute atomic E-state index is 0.617. The van der Waals surface area contributed by atoms with Crippen LogP contribution >= 0.6 is 0 Å². The molecule has 1 aromatic carbocycles. The summed E-state index contributed by atoms with van der Waals surface area (Å²) in [6.45, 7) is 0. The summed E-state index contributed by atoms with van der Waals surface area (Å²) < 4.78 is 0. The smallest absolute Gasteiger partial charge is 0.136 e. The van der Waals surface area contributed by atoms with Crippen LogP contribution in [-0.4, -0.2) is 4.98 Å². The monoisotopic (exact) mass is 183 g/mol. The summed E-state index contributed by atoms with van der Waals surface area (Å²) in [6, 6.07) is 12.8. The Balaban J connectivity index is 2.58. The molecule has 0 amide bonds. The van der Waals surface area contributed by atoms with E-state index in [0.717, 1.165) is 10.9 Å². The number of hydrogen-bond acceptors (Lipinski definition) is 3. The molecule has 3 nitrogen and oxygen atoms in total. The van der Waals surface area contributed by atoms with Crippen molar-refractivity contribution in [3.8, 4) is 6.07 Å². The number of nitriles is 1. The number of fused-ring (bicyclic) bond motifs is 1. The molecule has 0 aliphatic carbocycles. The molecule has 0 fully saturated rings. The average Bonchev–Trinajstić information content (AvgIpc) is 2.27. The van der Waals surface area contributed by atoms with E-state index in [0.29, 0.717) is 5.69 Å². The van der Waals surface area contributed by atoms with Gasteiger partial charge in [-0.25, -0.2) is 0 Å². The van der Waals surface area contributed by atoms with Crippen molar-refractivity contribution in [3.63, 3.8) is 0 Å². The standard InChI is InChI=1S/C11H9N3/c12-7-9(13)11-6-5-8-3-1-2-4-10(8)14-11/h1-6,9H,13H2. The molecule has 1 atom stereocenters. The first kappa shape index (κ1) is 8.67. The number of nitrogens with zero attached hydrogens (tertiary/aromatic N) is 2. The Kier molecular flexibility index (Phi) is 2.13. The van der Waals surface area contributed by atoms with Gasteiger partial charge in [0.15, 0.2) is 0 Å². The lowest BCUT2D eigenvalue weighted by Crippen LogP contribution is -2.08. The Morgan fingerprint density at radius 2 is 2.00 bits per heavy atom. The molecule has 1 unspecified atom stereocenters. The third-order valence-electron chi connectivity index (χ3n) is 2.08. The van der Waals surface area contributed by atoms with Gasteiger partial charge in [-0.15, -0.1) is 0 Å². The second kappa shape index (κ2) is 3.44. The molecule has 1 heterocycles. The van der Waals surface area contributed by atoms with Crippen molar-refractivity contribution < 1.29 is 0 Å². The van der Waals surface area contributed by atoms with E-state index < -0.39 is 6.04 Å². The maximum Gasteiger partial charge on any atom is 0.136 e. The van der Waals surface area contributed by atoms with E-state index in [1.807, 2.05) is 36.4 Å². The highest BCUT2D eigenvalue weighted by atomic mass is 14.8. The summed E-state index contributed by atoms with van der Waals surface area (Å²) in [5, 5.41) is 9.70. The van der Waals surface area contributed by atoms with E-state index in [1.54, 1.807) is 6.07 Å². The molecule has 0 aliphatic rings. The van der Waals surface area contributed by atoms with Crippen LogP contribution in [0.3, 0.4) is 0 Å². The van der Waals surface area contributed by atoms with Gasteiger partial charge in [0.2, 0.25) is 0 Å². The first-order valence-corrected chi connectivity index (χ1v) is 4.32. The minimum Gasteiger partial charge on any atom is -0.311 e. The molecule has 0 saturated carbocycles. The number of benzene rings is 1. The van der Waals surface area contributed by atoms with Gasteiger partial charge in [0.25, 0.3) is 0 Å². The summed E-state index contributed by atoms with van der Waals surface area (Å²) in [6.07, 6.45) is 0. The SMILES string of the molecule is N#CC(N)c1ccc2ccccc2n1. The normalized spacial score (nSPS) is 12.3. The fourth-order valence-corrected chi connectivity index (χ4v) is 1.32. The zero-order valence-corrected chi connectivity index (χ0v) is 7.51. The number of hydrogen-bond donors (Lipinski definition) is 1. The van der Waals surface area contributed by atoms with Gasteiger partial charge in [-0.3, -0.25) is 4.98 Å². The van der Waals surface area contributed by atoms with Crippen LogP contribution in [0.4, 0.5) is 0 Å². The highest BCUT2D eigenvalue weighted by Crippen LogP contribution is 2.14. The molecule has 3 heteroatoms. The fourth-order valence-electron chi connectivity index (χ4n) is 1.32. The van der Waals surface area contributed by atoms with E-state index in [2.05, 4.69) is 4.98 Å². The summed E-state index contributed by atoms with van der Waals surface area (Å²) >= 11 is 0. The number of aromatic nitrogens is 1. The summed E-state index contributed by atoms with van der Waals surface area (Å²) in [5.74, 6) is 0. The van der Waals surface area contributed by atoms with Crippen molar-refractivity contribution in [3.05, 3.63) is 42.1 Å². The molecule has 2 aromatic rings. The molecule has 0 bridgehead atoms. The van der Waals surface area contributed by atoms with Gasteiger partial charge in [-0.2, -0.15) is 5.26 Å². The van der Waals surface area contributed by atoms with Crippen molar-refractivity contribution in [2.45, 2.75) is 6.04 Å². The summed E-state index contributed by atoms with van der Waals surface area (Å²) in [4.78, 5) is 4.30. The number of pyridine rings is 1. The van der Waals surface area contributed by atoms with Gasteiger partial charge in [0.1, 0.15) is 6.04 Å². The van der Waals surface area contributed by atoms with Crippen LogP contribution in [0.1, 0.15) is 11.7 Å². The average molecular weight is 183 g/mol. The molecule has 2 N–H and O–H groups in total. The maximum atomic E-state index is 8.65. The highest BCUT2D eigenvalue weighted by Gasteiger charge is 2.05. The van der Waals surface area contributed by atoms with Crippen molar-refractivity contribution >= 4 is 10.9 Å². The molecular weight excluding hydrogens is 174 g/mol. The molecular formula is C11H9N3. The summed E-state index contributed by atoms with van der Waals surface area (Å²) in [7, 11) is 0. The highest BCUT2D eigenvalue weighted by molar-refractivity contribution is 5.78. The first-order valence-electron chi connectivity index (χ1n) is 4.32. The summed E-state index contributed by atoms with van der Waals surface area (Å²) in [5.41, 5.74) is 7.05. The Labute approximate surface area is 81.8 Å². The number of rotatable bonds is 1. The van der Waals surface area contributed by atoms with Gasteiger partial charge >= 0.3 is 0 Å². The molecule has 0 aliphatic heterocycles. The van der Waals surface area contributed by atoms with Gasteiger partial charge in [-0.1, -0.05) is 24.3 Å². The Hall–Kier alpha value is -1.92. The molecule has 2 rings (SSSR count). The Morgan fingerprint density at radius 3 is 2.79 bits per heavy atom. The molecule has 0 radical (unpaired) electrons. The van der Waals surface area contributed by atoms with Crippen molar-refractivity contribution in [2.75, 3.05) is 0 Å². The predicted molar refractivity (Wildman–Crippen MR) is 54.3 cm³/mol. The second-order valence-electron chi connectivity index (χ2n) is 3.04. The van der Waals surface area contributed by atoms with Crippen LogP contribution in [0.25, 0.3) is 10.9 Å². The quantitative estimate of drug-likeness (QED) is 0.732. The lowest BCUT2D eigenvalue weighted by atomic mass is 10.1. The largest absolute Gasteiger partial charge is 0.311 e. The molecule has 0 spiro atoms. The molecule has 14 heavy (non-hydrogen) atoms. The zero-order chi connectivity index (χ0) is 9.97. The lowest BCUT2D eigenvalue weighted by Gasteiger charge is -2.03. The third kappa shape index (κ3) is 1.43. The van der Waals surface area contributed by atoms with Crippen LogP contribution in [-0.2, 0) is 0 Å². The van der Waals surface area contributed by atoms with Gasteiger partial charge < -0.3 is 5.73 Å². The second-order valence-corrected chi connectivity index (χ2v) is 3.04. The van der Waals surface area contributed by atoms with Crippen LogP contribution in [0.2, 0.25) is 0 Å². The van der Waals surface area contributed by atoms with E-state index in [1.165, 1.54) is 0 Å². The van der Waals surface area contributed by atoms with E-state index >= 15 is 0 Å². The van der Waals surface area contributed by atoms with Gasteiger partial charge in [-0.05, 0) is 12.1 Å². The van der Waals surface area contributed by atoms with Crippen LogP contribution in [0.15, 0.2) is 36.4 Å². The van der Waals surface area contributed by atoms with Crippen LogP contribution in [0, 0.1) is 11.3 Å². The number of para-hydroxylation sites is 1. The zero-order valence-electron chi connectivity index (χ0n) is 7.51. The lowest BCUT2D eigenvalue weighted by molar-refractivity contribution is 0.884. The van der Waals surface area contributed by atoms with E-state index in [9.17, 15) is 0 Å². The third-order valence-corrected chi connectivity index (χ3v) is 2.08. The number of nitrogens with two attached hydrogens (primary N) is 1. The first-order chi connectivity index (χ1) is 6.81. The maximum absolute atomic E-state index is 8.65. The molecule has 0 saturated heterocycles. The minimum atomic E-state index is -0.639. The van der Waals surface area contributed by atoms with Gasteiger partial charge in [0, 0.05) is 5.39 Å².